The summed E-state index contributed by atoms with van der Waals surface area (Å²) >= 11 is 0. The first-order valence-corrected chi connectivity index (χ1v) is 11.4. The second-order valence-electron chi connectivity index (χ2n) is 8.32. The zero-order valence-corrected chi connectivity index (χ0v) is 18.3. The van der Waals surface area contributed by atoms with Crippen molar-refractivity contribution in [3.8, 4) is 0 Å². The van der Waals surface area contributed by atoms with Gasteiger partial charge < -0.3 is 25.3 Å². The predicted octanol–water partition coefficient (Wildman–Crippen LogP) is 1.69. The number of piperazine rings is 1. The van der Waals surface area contributed by atoms with Gasteiger partial charge in [-0.2, -0.15) is 0 Å². The topological polar surface area (TPSA) is 46.1 Å². The largest absolute Gasteiger partial charge is 0.357 e. The third-order valence-corrected chi connectivity index (χ3v) is 5.86. The SMILES string of the molecule is CCCN1CCC(NC(=NCC(C)CN2CCN(CC)CC2)NCC)CC1. The molecule has 158 valence electrons. The molecule has 2 saturated heterocycles. The van der Waals surface area contributed by atoms with Gasteiger partial charge in [-0.1, -0.05) is 20.8 Å². The molecule has 2 N–H and O–H groups in total. The van der Waals surface area contributed by atoms with Crippen molar-refractivity contribution in [2.45, 2.75) is 53.0 Å². The van der Waals surface area contributed by atoms with E-state index in [1.54, 1.807) is 0 Å². The molecule has 0 bridgehead atoms. The van der Waals surface area contributed by atoms with Crippen LogP contribution in [0.2, 0.25) is 0 Å². The van der Waals surface area contributed by atoms with Gasteiger partial charge in [0.05, 0.1) is 0 Å². The minimum atomic E-state index is 0.563. The average molecular weight is 381 g/mol. The van der Waals surface area contributed by atoms with Gasteiger partial charge in [0.15, 0.2) is 5.96 Å². The highest BCUT2D eigenvalue weighted by Gasteiger charge is 2.20. The molecule has 0 spiro atoms. The molecule has 0 aliphatic carbocycles. The fraction of sp³-hybridized carbons (Fsp3) is 0.952. The lowest BCUT2D eigenvalue weighted by atomic mass is 10.1. The first-order valence-electron chi connectivity index (χ1n) is 11.4. The van der Waals surface area contributed by atoms with E-state index in [0.29, 0.717) is 12.0 Å². The third-order valence-electron chi connectivity index (χ3n) is 5.86. The summed E-state index contributed by atoms with van der Waals surface area (Å²) in [7, 11) is 0. The highest BCUT2D eigenvalue weighted by Crippen LogP contribution is 2.11. The fourth-order valence-corrected chi connectivity index (χ4v) is 4.16. The molecule has 1 atom stereocenters. The minimum absolute atomic E-state index is 0.563. The summed E-state index contributed by atoms with van der Waals surface area (Å²) < 4.78 is 0. The summed E-state index contributed by atoms with van der Waals surface area (Å²) in [4.78, 5) is 12.6. The van der Waals surface area contributed by atoms with Crippen molar-refractivity contribution in [3.63, 3.8) is 0 Å². The van der Waals surface area contributed by atoms with Crippen molar-refractivity contribution in [1.29, 1.82) is 0 Å². The molecule has 6 heteroatoms. The Hall–Kier alpha value is -0.850. The molecule has 2 aliphatic heterocycles. The molecule has 2 heterocycles. The zero-order valence-electron chi connectivity index (χ0n) is 18.3. The van der Waals surface area contributed by atoms with E-state index in [4.69, 9.17) is 4.99 Å². The number of likely N-dealkylation sites (N-methyl/N-ethyl adjacent to an activating group) is 1. The summed E-state index contributed by atoms with van der Waals surface area (Å²) in [5.74, 6) is 1.61. The Morgan fingerprint density at radius 2 is 1.63 bits per heavy atom. The summed E-state index contributed by atoms with van der Waals surface area (Å²) in [6, 6.07) is 0.563. The second kappa shape index (κ2) is 12.6. The Morgan fingerprint density at radius 3 is 2.22 bits per heavy atom. The monoisotopic (exact) mass is 380 g/mol. The van der Waals surface area contributed by atoms with Gasteiger partial charge in [0, 0.05) is 64.9 Å². The number of nitrogens with zero attached hydrogens (tertiary/aromatic N) is 4. The van der Waals surface area contributed by atoms with Crippen LogP contribution in [0.15, 0.2) is 4.99 Å². The van der Waals surface area contributed by atoms with Gasteiger partial charge in [0.1, 0.15) is 0 Å². The van der Waals surface area contributed by atoms with Crippen LogP contribution >= 0.6 is 0 Å². The predicted molar refractivity (Wildman–Crippen MR) is 117 cm³/mol. The number of rotatable bonds is 9. The van der Waals surface area contributed by atoms with Crippen LogP contribution in [0, 0.1) is 5.92 Å². The van der Waals surface area contributed by atoms with Crippen molar-refractivity contribution in [2.24, 2.45) is 10.9 Å². The van der Waals surface area contributed by atoms with Crippen LogP contribution in [0.25, 0.3) is 0 Å². The normalized spacial score (nSPS) is 22.7. The van der Waals surface area contributed by atoms with E-state index in [0.717, 1.165) is 25.6 Å². The van der Waals surface area contributed by atoms with Gasteiger partial charge in [-0.15, -0.1) is 0 Å². The van der Waals surface area contributed by atoms with Crippen LogP contribution in [-0.2, 0) is 0 Å². The maximum absolute atomic E-state index is 4.90. The van der Waals surface area contributed by atoms with E-state index < -0.39 is 0 Å². The van der Waals surface area contributed by atoms with Crippen molar-refractivity contribution in [1.82, 2.24) is 25.3 Å². The number of likely N-dealkylation sites (tertiary alicyclic amines) is 1. The molecule has 0 aromatic carbocycles. The van der Waals surface area contributed by atoms with E-state index in [2.05, 4.69) is 53.0 Å². The second-order valence-corrected chi connectivity index (χ2v) is 8.32. The molecule has 0 radical (unpaired) electrons. The number of hydrogen-bond acceptors (Lipinski definition) is 4. The fourth-order valence-electron chi connectivity index (χ4n) is 4.16. The highest BCUT2D eigenvalue weighted by atomic mass is 15.3. The van der Waals surface area contributed by atoms with Gasteiger partial charge in [0.25, 0.3) is 0 Å². The molecular weight excluding hydrogens is 336 g/mol. The smallest absolute Gasteiger partial charge is 0.191 e. The number of piperidine rings is 1. The van der Waals surface area contributed by atoms with Crippen LogP contribution in [0.4, 0.5) is 0 Å². The molecule has 2 fully saturated rings. The summed E-state index contributed by atoms with van der Waals surface area (Å²) in [5, 5.41) is 7.13. The Kier molecular flexibility index (Phi) is 10.5. The standard InChI is InChI=1S/C21H44N6/c1-5-10-26-11-8-20(9-12-26)24-21(22-6-2)23-17-19(4)18-27-15-13-25(7-3)14-16-27/h19-20H,5-18H2,1-4H3,(H2,22,23,24). The Labute approximate surface area is 167 Å². The molecule has 0 aromatic heterocycles. The average Bonchev–Trinajstić information content (AvgIpc) is 2.68. The maximum Gasteiger partial charge on any atom is 0.191 e. The lowest BCUT2D eigenvalue weighted by Crippen LogP contribution is -2.49. The molecule has 0 saturated carbocycles. The Morgan fingerprint density at radius 1 is 0.963 bits per heavy atom. The molecule has 2 aliphatic rings. The van der Waals surface area contributed by atoms with E-state index in [1.807, 2.05) is 0 Å². The highest BCUT2D eigenvalue weighted by molar-refractivity contribution is 5.80. The van der Waals surface area contributed by atoms with Gasteiger partial charge >= 0.3 is 0 Å². The van der Waals surface area contributed by atoms with Crippen molar-refractivity contribution in [3.05, 3.63) is 0 Å². The van der Waals surface area contributed by atoms with E-state index in [1.165, 1.54) is 71.6 Å². The van der Waals surface area contributed by atoms with Crippen LogP contribution in [0.1, 0.15) is 47.0 Å². The van der Waals surface area contributed by atoms with Crippen molar-refractivity contribution in [2.75, 3.05) is 72.0 Å². The molecular formula is C21H44N6. The van der Waals surface area contributed by atoms with Gasteiger partial charge in [-0.25, -0.2) is 0 Å². The quantitative estimate of drug-likeness (QED) is 0.471. The summed E-state index contributed by atoms with van der Waals surface area (Å²) in [5.41, 5.74) is 0. The van der Waals surface area contributed by atoms with Crippen LogP contribution in [0.3, 0.4) is 0 Å². The maximum atomic E-state index is 4.90. The van der Waals surface area contributed by atoms with E-state index in [-0.39, 0.29) is 0 Å². The first kappa shape index (κ1) is 22.4. The number of guanidine groups is 1. The number of hydrogen-bond donors (Lipinski definition) is 2. The number of nitrogens with one attached hydrogen (secondary N) is 2. The van der Waals surface area contributed by atoms with Crippen molar-refractivity contribution >= 4 is 5.96 Å². The Bertz CT molecular complexity index is 411. The molecule has 2 rings (SSSR count). The summed E-state index contributed by atoms with van der Waals surface area (Å²) in [6.07, 6.45) is 3.71. The van der Waals surface area contributed by atoms with Gasteiger partial charge in [0.2, 0.25) is 0 Å². The van der Waals surface area contributed by atoms with Gasteiger partial charge in [-0.05, 0) is 45.2 Å². The van der Waals surface area contributed by atoms with Crippen LogP contribution in [-0.4, -0.2) is 98.7 Å². The van der Waals surface area contributed by atoms with Crippen LogP contribution < -0.4 is 10.6 Å². The van der Waals surface area contributed by atoms with Crippen molar-refractivity contribution < 1.29 is 0 Å². The third kappa shape index (κ3) is 8.36. The minimum Gasteiger partial charge on any atom is -0.357 e. The molecule has 1 unspecified atom stereocenters. The van der Waals surface area contributed by atoms with E-state index in [9.17, 15) is 0 Å². The lowest BCUT2D eigenvalue weighted by Gasteiger charge is -2.35. The van der Waals surface area contributed by atoms with E-state index >= 15 is 0 Å². The lowest BCUT2D eigenvalue weighted by molar-refractivity contribution is 0.125. The summed E-state index contributed by atoms with van der Waals surface area (Å²) in [6.45, 7) is 21.7. The first-order chi connectivity index (χ1) is 13.1. The molecule has 27 heavy (non-hydrogen) atoms. The number of aliphatic imine (C=N–C) groups is 1. The van der Waals surface area contributed by atoms with Crippen LogP contribution in [0.5, 0.6) is 0 Å². The van der Waals surface area contributed by atoms with Gasteiger partial charge in [-0.3, -0.25) is 4.99 Å². The zero-order chi connectivity index (χ0) is 19.5. The molecule has 0 aromatic rings. The Balaban J connectivity index is 1.72. The molecule has 6 nitrogen and oxygen atoms in total. The molecule has 0 amide bonds.